The minimum Gasteiger partial charge on any atom is -0.437 e. The summed E-state index contributed by atoms with van der Waals surface area (Å²) in [5.41, 5.74) is 3.94. The number of urea groups is 1. The number of ether oxygens (including phenoxy) is 1. The Kier molecular flexibility index (Phi) is 4.70. The number of aromatic nitrogens is 2. The Balaban J connectivity index is 1.39. The molecule has 3 aromatic rings. The van der Waals surface area contributed by atoms with Crippen LogP contribution < -0.4 is 10.1 Å². The summed E-state index contributed by atoms with van der Waals surface area (Å²) in [6, 6.07) is 15.3. The Morgan fingerprint density at radius 3 is 2.70 bits per heavy atom. The van der Waals surface area contributed by atoms with Gasteiger partial charge in [0.15, 0.2) is 5.75 Å². The second-order valence-electron chi connectivity index (χ2n) is 6.44. The van der Waals surface area contributed by atoms with Crippen LogP contribution in [0.5, 0.6) is 11.6 Å². The largest absolute Gasteiger partial charge is 0.437 e. The number of aryl methyl sites for hydroxylation is 1. The number of rotatable bonds is 3. The van der Waals surface area contributed by atoms with E-state index in [0.717, 1.165) is 12.1 Å². The lowest BCUT2D eigenvalue weighted by Crippen LogP contribution is -2.38. The van der Waals surface area contributed by atoms with E-state index in [0.29, 0.717) is 30.4 Å². The van der Waals surface area contributed by atoms with E-state index < -0.39 is 0 Å². The third-order valence-electron chi connectivity index (χ3n) is 4.58. The third kappa shape index (κ3) is 3.89. The molecule has 0 fully saturated rings. The molecule has 0 aliphatic carbocycles. The number of nitrogens with zero attached hydrogens (tertiary/aromatic N) is 3. The normalized spacial score (nSPS) is 13.0. The monoisotopic (exact) mass is 360 g/mol. The van der Waals surface area contributed by atoms with Crippen molar-refractivity contribution in [1.29, 1.82) is 0 Å². The molecule has 6 nitrogen and oxygen atoms in total. The molecule has 27 heavy (non-hydrogen) atoms. The molecule has 1 N–H and O–H groups in total. The molecule has 4 rings (SSSR count). The lowest BCUT2D eigenvalue weighted by molar-refractivity contribution is 0.206. The second kappa shape index (κ2) is 7.45. The number of amides is 2. The zero-order valence-electron chi connectivity index (χ0n) is 15.1. The van der Waals surface area contributed by atoms with Crippen molar-refractivity contribution in [3.05, 3.63) is 77.7 Å². The van der Waals surface area contributed by atoms with E-state index in [2.05, 4.69) is 27.4 Å². The summed E-state index contributed by atoms with van der Waals surface area (Å²) in [5, 5.41) is 2.90. The van der Waals surface area contributed by atoms with Gasteiger partial charge in [-0.1, -0.05) is 24.3 Å². The maximum absolute atomic E-state index is 12.5. The molecule has 136 valence electrons. The number of anilines is 1. The lowest BCUT2D eigenvalue weighted by Gasteiger charge is -2.28. The zero-order valence-corrected chi connectivity index (χ0v) is 15.1. The van der Waals surface area contributed by atoms with E-state index in [4.69, 9.17) is 4.74 Å². The first-order valence-electron chi connectivity index (χ1n) is 8.87. The Hall–Kier alpha value is -3.41. The molecule has 1 aliphatic heterocycles. The van der Waals surface area contributed by atoms with Crippen LogP contribution in [-0.2, 0) is 13.0 Å². The van der Waals surface area contributed by atoms with Gasteiger partial charge in [-0.05, 0) is 42.7 Å². The fraction of sp³-hybridized carbons (Fsp3) is 0.190. The molecule has 3 heterocycles. The standard InChI is InChI=1S/C21H20N4O2/c1-15-19(7-4-11-22-15)27-20-9-8-18(13-23-20)24-21(26)25-12-10-16-5-2-3-6-17(16)14-25/h2-9,11,13H,10,12,14H2,1H3,(H,24,26). The molecular weight excluding hydrogens is 340 g/mol. The molecule has 2 aromatic heterocycles. The van der Waals surface area contributed by atoms with Gasteiger partial charge in [0.2, 0.25) is 5.88 Å². The van der Waals surface area contributed by atoms with E-state index in [1.807, 2.05) is 36.1 Å². The summed E-state index contributed by atoms with van der Waals surface area (Å²) >= 11 is 0. The highest BCUT2D eigenvalue weighted by molar-refractivity contribution is 5.89. The van der Waals surface area contributed by atoms with Crippen LogP contribution in [0.15, 0.2) is 60.9 Å². The third-order valence-corrected chi connectivity index (χ3v) is 4.58. The van der Waals surface area contributed by atoms with Gasteiger partial charge in [0.1, 0.15) is 0 Å². The van der Waals surface area contributed by atoms with Gasteiger partial charge in [-0.3, -0.25) is 4.98 Å². The summed E-state index contributed by atoms with van der Waals surface area (Å²) < 4.78 is 5.73. The highest BCUT2D eigenvalue weighted by Gasteiger charge is 2.20. The molecule has 0 bridgehead atoms. The second-order valence-corrected chi connectivity index (χ2v) is 6.44. The molecule has 1 aliphatic rings. The highest BCUT2D eigenvalue weighted by Crippen LogP contribution is 2.23. The van der Waals surface area contributed by atoms with Crippen LogP contribution in [0.2, 0.25) is 0 Å². The smallest absolute Gasteiger partial charge is 0.322 e. The van der Waals surface area contributed by atoms with E-state index >= 15 is 0 Å². The average molecular weight is 360 g/mol. The summed E-state index contributed by atoms with van der Waals surface area (Å²) in [6.07, 6.45) is 4.18. The van der Waals surface area contributed by atoms with Crippen LogP contribution in [0, 0.1) is 6.92 Å². The van der Waals surface area contributed by atoms with Crippen molar-refractivity contribution in [3.8, 4) is 11.6 Å². The Morgan fingerprint density at radius 1 is 1.07 bits per heavy atom. The van der Waals surface area contributed by atoms with Gasteiger partial charge in [0.05, 0.1) is 17.6 Å². The zero-order chi connectivity index (χ0) is 18.6. The quantitative estimate of drug-likeness (QED) is 0.761. The molecule has 0 saturated carbocycles. The van der Waals surface area contributed by atoms with Crippen molar-refractivity contribution in [2.45, 2.75) is 19.9 Å². The predicted molar refractivity (Wildman–Crippen MR) is 103 cm³/mol. The molecule has 6 heteroatoms. The average Bonchev–Trinajstić information content (AvgIpc) is 2.71. The summed E-state index contributed by atoms with van der Waals surface area (Å²) in [6.45, 7) is 3.20. The van der Waals surface area contributed by atoms with Gasteiger partial charge in [-0.15, -0.1) is 0 Å². The van der Waals surface area contributed by atoms with Gasteiger partial charge < -0.3 is 15.0 Å². The van der Waals surface area contributed by atoms with Gasteiger partial charge in [-0.2, -0.15) is 0 Å². The molecular formula is C21H20N4O2. The van der Waals surface area contributed by atoms with Gasteiger partial charge in [-0.25, -0.2) is 9.78 Å². The van der Waals surface area contributed by atoms with Crippen molar-refractivity contribution < 1.29 is 9.53 Å². The van der Waals surface area contributed by atoms with Crippen LogP contribution in [0.25, 0.3) is 0 Å². The maximum Gasteiger partial charge on any atom is 0.322 e. The molecule has 0 radical (unpaired) electrons. The van der Waals surface area contributed by atoms with Crippen molar-refractivity contribution in [3.63, 3.8) is 0 Å². The number of hydrogen-bond donors (Lipinski definition) is 1. The molecule has 1 aromatic carbocycles. The topological polar surface area (TPSA) is 67.3 Å². The Morgan fingerprint density at radius 2 is 1.93 bits per heavy atom. The van der Waals surface area contributed by atoms with Crippen molar-refractivity contribution in [2.24, 2.45) is 0 Å². The van der Waals surface area contributed by atoms with E-state index in [-0.39, 0.29) is 6.03 Å². The maximum atomic E-state index is 12.5. The molecule has 0 atom stereocenters. The first kappa shape index (κ1) is 17.0. The van der Waals surface area contributed by atoms with Gasteiger partial charge in [0.25, 0.3) is 0 Å². The fourth-order valence-corrected chi connectivity index (χ4v) is 3.08. The van der Waals surface area contributed by atoms with Crippen LogP contribution >= 0.6 is 0 Å². The fourth-order valence-electron chi connectivity index (χ4n) is 3.08. The molecule has 0 saturated heterocycles. The number of fused-ring (bicyclic) bond motifs is 1. The number of carbonyl (C=O) groups excluding carboxylic acids is 1. The predicted octanol–water partition coefficient (Wildman–Crippen LogP) is 4.17. The number of nitrogens with one attached hydrogen (secondary N) is 1. The first-order chi connectivity index (χ1) is 13.2. The Bertz CT molecular complexity index is 956. The van der Waals surface area contributed by atoms with Crippen LogP contribution in [0.3, 0.4) is 0 Å². The van der Waals surface area contributed by atoms with Crippen molar-refractivity contribution in [2.75, 3.05) is 11.9 Å². The van der Waals surface area contributed by atoms with E-state index in [1.165, 1.54) is 11.1 Å². The number of benzene rings is 1. The lowest BCUT2D eigenvalue weighted by atomic mass is 10.0. The SMILES string of the molecule is Cc1ncccc1Oc1ccc(NC(=O)N2CCc3ccccc3C2)cn1. The van der Waals surface area contributed by atoms with E-state index in [9.17, 15) is 4.79 Å². The minimum absolute atomic E-state index is 0.122. The summed E-state index contributed by atoms with van der Waals surface area (Å²) in [4.78, 5) is 22.8. The van der Waals surface area contributed by atoms with Crippen LogP contribution in [0.4, 0.5) is 10.5 Å². The number of hydrogen-bond acceptors (Lipinski definition) is 4. The van der Waals surface area contributed by atoms with E-state index in [1.54, 1.807) is 24.5 Å². The van der Waals surface area contributed by atoms with Crippen molar-refractivity contribution >= 4 is 11.7 Å². The Labute approximate surface area is 157 Å². The van der Waals surface area contributed by atoms with Crippen LogP contribution in [0.1, 0.15) is 16.8 Å². The summed E-state index contributed by atoms with van der Waals surface area (Å²) in [7, 11) is 0. The number of carbonyl (C=O) groups is 1. The van der Waals surface area contributed by atoms with Gasteiger partial charge >= 0.3 is 6.03 Å². The molecule has 0 spiro atoms. The van der Waals surface area contributed by atoms with Gasteiger partial charge in [0, 0.05) is 25.4 Å². The molecule has 2 amide bonds. The van der Waals surface area contributed by atoms with Crippen LogP contribution in [-0.4, -0.2) is 27.4 Å². The first-order valence-corrected chi connectivity index (χ1v) is 8.87. The minimum atomic E-state index is -0.122. The number of pyridine rings is 2. The summed E-state index contributed by atoms with van der Waals surface area (Å²) in [5.74, 6) is 1.12. The van der Waals surface area contributed by atoms with Crippen molar-refractivity contribution in [1.82, 2.24) is 14.9 Å². The molecule has 0 unspecified atom stereocenters. The highest BCUT2D eigenvalue weighted by atomic mass is 16.5.